The highest BCUT2D eigenvalue weighted by Crippen LogP contribution is 2.26. The van der Waals surface area contributed by atoms with Crippen LogP contribution in [0.3, 0.4) is 0 Å². The van der Waals surface area contributed by atoms with E-state index in [1.165, 1.54) is 0 Å². The molecule has 0 bridgehead atoms. The zero-order valence-electron chi connectivity index (χ0n) is 5.82. The fraction of sp³-hybridized carbons (Fsp3) is 0. The molecule has 4 heteroatoms. The zero-order chi connectivity index (χ0) is 9.14. The molecule has 1 aromatic rings. The molecule has 0 aliphatic carbocycles. The normalized spacial score (nSPS) is 9.67. The van der Waals surface area contributed by atoms with Gasteiger partial charge in [-0.3, -0.25) is 0 Å². The molecule has 12 heavy (non-hydrogen) atoms. The molecule has 1 rings (SSSR count). The van der Waals surface area contributed by atoms with Gasteiger partial charge in [0, 0.05) is 8.95 Å². The summed E-state index contributed by atoms with van der Waals surface area (Å²) in [6.07, 6.45) is 1.98. The Morgan fingerprint density at radius 2 is 1.75 bits per heavy atom. The maximum absolute atomic E-state index is 3.43. The molecule has 0 nitrogen and oxygen atoms in total. The van der Waals surface area contributed by atoms with Crippen LogP contribution in [0.25, 0.3) is 6.08 Å². The second-order valence-electron chi connectivity index (χ2n) is 2.11. The number of rotatable bonds is 1. The first-order chi connectivity index (χ1) is 5.59. The second kappa shape index (κ2) is 4.94. The lowest BCUT2D eigenvalue weighted by molar-refractivity contribution is 1.56. The molecule has 0 aliphatic rings. The molecule has 0 heterocycles. The van der Waals surface area contributed by atoms with Crippen molar-refractivity contribution in [1.82, 2.24) is 0 Å². The molecule has 0 spiro atoms. The van der Waals surface area contributed by atoms with Crippen molar-refractivity contribution in [2.45, 2.75) is 0 Å². The van der Waals surface area contributed by atoms with E-state index in [1.807, 2.05) is 24.3 Å². The van der Waals surface area contributed by atoms with E-state index in [-0.39, 0.29) is 0 Å². The average molecular weight is 420 g/mol. The van der Waals surface area contributed by atoms with Crippen LogP contribution in [0.5, 0.6) is 0 Å². The first-order valence-corrected chi connectivity index (χ1v) is 6.24. The lowest BCUT2D eigenvalue weighted by Crippen LogP contribution is -1.73. The summed E-state index contributed by atoms with van der Waals surface area (Å²) < 4.78 is 3.05. The summed E-state index contributed by atoms with van der Waals surface area (Å²) in [5.74, 6) is 0. The molecule has 0 radical (unpaired) electrons. The Balaban J connectivity index is 3.05. The summed E-state index contributed by atoms with van der Waals surface area (Å²) in [5.41, 5.74) is 1.13. The minimum absolute atomic E-state index is 0.934. The Morgan fingerprint density at radius 3 is 2.25 bits per heavy atom. The maximum Gasteiger partial charge on any atom is 0.0610 e. The van der Waals surface area contributed by atoms with Crippen LogP contribution >= 0.6 is 63.7 Å². The first kappa shape index (κ1) is 11.0. The molecule has 0 atom stereocenters. The second-order valence-corrected chi connectivity index (χ2v) is 6.59. The van der Waals surface area contributed by atoms with E-state index in [9.17, 15) is 0 Å². The van der Waals surface area contributed by atoms with Crippen molar-refractivity contribution in [3.05, 3.63) is 36.1 Å². The van der Waals surface area contributed by atoms with Crippen molar-refractivity contribution in [3.63, 3.8) is 0 Å². The molecule has 0 N–H and O–H groups in total. The minimum Gasteiger partial charge on any atom is -0.0537 e. The van der Waals surface area contributed by atoms with Crippen LogP contribution < -0.4 is 0 Å². The molecular weight excluding hydrogens is 416 g/mol. The van der Waals surface area contributed by atoms with E-state index < -0.39 is 0 Å². The van der Waals surface area contributed by atoms with Gasteiger partial charge in [-0.25, -0.2) is 0 Å². The van der Waals surface area contributed by atoms with Crippen LogP contribution in [0, 0.1) is 0 Å². The highest BCUT2D eigenvalue weighted by Gasteiger charge is 1.96. The van der Waals surface area contributed by atoms with E-state index >= 15 is 0 Å². The van der Waals surface area contributed by atoms with Crippen molar-refractivity contribution in [3.8, 4) is 0 Å². The molecule has 1 aromatic carbocycles. The van der Waals surface area contributed by atoms with Crippen LogP contribution in [0.15, 0.2) is 30.5 Å². The SMILES string of the molecule is BrC(Br)=Cc1ccc(Br)c(Br)c1. The van der Waals surface area contributed by atoms with Gasteiger partial charge < -0.3 is 0 Å². The zero-order valence-corrected chi connectivity index (χ0v) is 12.2. The predicted molar refractivity (Wildman–Crippen MR) is 67.7 cm³/mol. The van der Waals surface area contributed by atoms with Gasteiger partial charge >= 0.3 is 0 Å². The third-order valence-electron chi connectivity index (χ3n) is 1.22. The molecule has 0 fully saturated rings. The smallest absolute Gasteiger partial charge is 0.0537 e. The summed E-state index contributed by atoms with van der Waals surface area (Å²) in [6, 6.07) is 6.06. The quantitative estimate of drug-likeness (QED) is 0.579. The highest BCUT2D eigenvalue weighted by molar-refractivity contribution is 9.28. The van der Waals surface area contributed by atoms with Gasteiger partial charge in [-0.05, 0) is 87.5 Å². The predicted octanol–water partition coefficient (Wildman–Crippen LogP) is 5.30. The molecule has 0 unspecified atom stereocenters. The van der Waals surface area contributed by atoms with Crippen LogP contribution in [0.1, 0.15) is 5.56 Å². The summed E-state index contributed by atoms with van der Waals surface area (Å²) in [4.78, 5) is 0. The fourth-order valence-electron chi connectivity index (χ4n) is 0.728. The number of benzene rings is 1. The summed E-state index contributed by atoms with van der Waals surface area (Å²) >= 11 is 13.4. The summed E-state index contributed by atoms with van der Waals surface area (Å²) in [5, 5.41) is 0. The Hall–Kier alpha value is 0.880. The van der Waals surface area contributed by atoms with E-state index in [4.69, 9.17) is 0 Å². The van der Waals surface area contributed by atoms with Gasteiger partial charge in [0.2, 0.25) is 0 Å². The van der Waals surface area contributed by atoms with Gasteiger partial charge in [0.15, 0.2) is 0 Å². The Bertz CT molecular complexity index is 313. The first-order valence-electron chi connectivity index (χ1n) is 3.07. The van der Waals surface area contributed by atoms with Gasteiger partial charge in [0.25, 0.3) is 0 Å². The molecule has 64 valence electrons. The lowest BCUT2D eigenvalue weighted by Gasteiger charge is -1.97. The topological polar surface area (TPSA) is 0 Å². The summed E-state index contributed by atoms with van der Waals surface area (Å²) in [7, 11) is 0. The third-order valence-corrected chi connectivity index (χ3v) is 3.56. The molecule has 0 saturated carbocycles. The van der Waals surface area contributed by atoms with Gasteiger partial charge in [-0.1, -0.05) is 6.07 Å². The number of hydrogen-bond acceptors (Lipinski definition) is 0. The summed E-state index contributed by atoms with van der Waals surface area (Å²) in [6.45, 7) is 0. The van der Waals surface area contributed by atoms with Crippen molar-refractivity contribution >= 4 is 69.8 Å². The molecular formula is C8H4Br4. The molecule has 0 aliphatic heterocycles. The average Bonchev–Trinajstić information content (AvgIpc) is 1.96. The largest absolute Gasteiger partial charge is 0.0610 e. The molecule has 0 saturated heterocycles. The van der Waals surface area contributed by atoms with Crippen molar-refractivity contribution < 1.29 is 0 Å². The van der Waals surface area contributed by atoms with E-state index in [0.29, 0.717) is 0 Å². The number of hydrogen-bond donors (Lipinski definition) is 0. The maximum atomic E-state index is 3.43. The van der Waals surface area contributed by atoms with Crippen molar-refractivity contribution in [2.75, 3.05) is 0 Å². The van der Waals surface area contributed by atoms with E-state index in [2.05, 4.69) is 63.7 Å². The van der Waals surface area contributed by atoms with Crippen LogP contribution in [-0.4, -0.2) is 0 Å². The minimum atomic E-state index is 0.934. The van der Waals surface area contributed by atoms with Gasteiger partial charge in [0.1, 0.15) is 0 Å². The molecule has 0 aromatic heterocycles. The van der Waals surface area contributed by atoms with E-state index in [1.54, 1.807) is 0 Å². The Kier molecular flexibility index (Phi) is 4.51. The highest BCUT2D eigenvalue weighted by atomic mass is 79.9. The Morgan fingerprint density at radius 1 is 1.08 bits per heavy atom. The van der Waals surface area contributed by atoms with Crippen molar-refractivity contribution in [2.24, 2.45) is 0 Å². The lowest BCUT2D eigenvalue weighted by atomic mass is 10.2. The monoisotopic (exact) mass is 416 g/mol. The Labute approximate surface area is 105 Å². The third kappa shape index (κ3) is 3.32. The van der Waals surface area contributed by atoms with Crippen LogP contribution in [0.4, 0.5) is 0 Å². The fourth-order valence-corrected chi connectivity index (χ4v) is 1.90. The van der Waals surface area contributed by atoms with Gasteiger partial charge in [-0.15, -0.1) is 0 Å². The number of halogens is 4. The van der Waals surface area contributed by atoms with Crippen LogP contribution in [-0.2, 0) is 0 Å². The van der Waals surface area contributed by atoms with Gasteiger partial charge in [0.05, 0.1) is 3.39 Å². The van der Waals surface area contributed by atoms with Gasteiger partial charge in [-0.2, -0.15) is 0 Å². The van der Waals surface area contributed by atoms with E-state index in [0.717, 1.165) is 17.9 Å². The molecule has 0 amide bonds. The van der Waals surface area contributed by atoms with Crippen LogP contribution in [0.2, 0.25) is 0 Å². The standard InChI is InChI=1S/C8H4Br4/c9-6-2-1-5(3-7(6)10)4-8(11)12/h1-4H. The van der Waals surface area contributed by atoms with Crippen molar-refractivity contribution in [1.29, 1.82) is 0 Å².